The van der Waals surface area contributed by atoms with Gasteiger partial charge in [0.05, 0.1) is 35.2 Å². The molecule has 0 aliphatic heterocycles. The standard InChI is InChI=1S/C23H25N5O/c1-15-11-21(26-27-14-16(2)25-22(15)27)17-9-10-20-18(12-17)13-24-28(23(20)29)19-7-5-3-4-6-8-19/h9-14,19H,3-8H2,1-2H3. The van der Waals surface area contributed by atoms with Crippen molar-refractivity contribution in [2.24, 2.45) is 0 Å². The predicted molar refractivity (Wildman–Crippen MR) is 114 cm³/mol. The van der Waals surface area contributed by atoms with Crippen molar-refractivity contribution in [3.05, 3.63) is 58.3 Å². The highest BCUT2D eigenvalue weighted by molar-refractivity contribution is 5.85. The molecule has 0 atom stereocenters. The summed E-state index contributed by atoms with van der Waals surface area (Å²) >= 11 is 0. The summed E-state index contributed by atoms with van der Waals surface area (Å²) in [5, 5.41) is 10.8. The molecular formula is C23H25N5O. The fraction of sp³-hybridized carbons (Fsp3) is 0.391. The molecule has 0 bridgehead atoms. The van der Waals surface area contributed by atoms with Crippen LogP contribution in [0.15, 0.2) is 41.5 Å². The second-order valence-corrected chi connectivity index (χ2v) is 8.20. The summed E-state index contributed by atoms with van der Waals surface area (Å²) in [5.74, 6) is 0. The lowest BCUT2D eigenvalue weighted by Crippen LogP contribution is -2.27. The van der Waals surface area contributed by atoms with E-state index in [0.29, 0.717) is 0 Å². The number of aryl methyl sites for hydroxylation is 2. The van der Waals surface area contributed by atoms with E-state index in [1.165, 1.54) is 25.7 Å². The van der Waals surface area contributed by atoms with E-state index in [9.17, 15) is 4.79 Å². The van der Waals surface area contributed by atoms with Gasteiger partial charge in [-0.3, -0.25) is 4.79 Å². The fourth-order valence-corrected chi connectivity index (χ4v) is 4.47. The van der Waals surface area contributed by atoms with Crippen molar-refractivity contribution in [3.63, 3.8) is 0 Å². The van der Waals surface area contributed by atoms with Crippen LogP contribution in [-0.4, -0.2) is 24.4 Å². The Kier molecular flexibility index (Phi) is 4.42. The Morgan fingerprint density at radius 1 is 1.03 bits per heavy atom. The number of rotatable bonds is 2. The van der Waals surface area contributed by atoms with Gasteiger partial charge in [-0.2, -0.15) is 10.2 Å². The van der Waals surface area contributed by atoms with Crippen molar-refractivity contribution in [1.82, 2.24) is 24.4 Å². The van der Waals surface area contributed by atoms with E-state index in [1.807, 2.05) is 55.0 Å². The molecule has 0 N–H and O–H groups in total. The van der Waals surface area contributed by atoms with Gasteiger partial charge in [-0.15, -0.1) is 0 Å². The third-order valence-electron chi connectivity index (χ3n) is 6.01. The maximum Gasteiger partial charge on any atom is 0.274 e. The normalized spacial score (nSPS) is 15.8. The highest BCUT2D eigenvalue weighted by atomic mass is 16.1. The minimum Gasteiger partial charge on any atom is -0.267 e. The van der Waals surface area contributed by atoms with Crippen LogP contribution in [0.2, 0.25) is 0 Å². The largest absolute Gasteiger partial charge is 0.274 e. The van der Waals surface area contributed by atoms with Crippen LogP contribution in [0.1, 0.15) is 55.8 Å². The van der Waals surface area contributed by atoms with Gasteiger partial charge in [0.25, 0.3) is 5.56 Å². The third kappa shape index (κ3) is 3.22. The smallest absolute Gasteiger partial charge is 0.267 e. The number of aromatic nitrogens is 5. The molecule has 0 spiro atoms. The molecule has 0 saturated heterocycles. The Labute approximate surface area is 169 Å². The van der Waals surface area contributed by atoms with Gasteiger partial charge in [0, 0.05) is 10.9 Å². The van der Waals surface area contributed by atoms with Crippen molar-refractivity contribution >= 4 is 16.4 Å². The first kappa shape index (κ1) is 18.0. The zero-order chi connectivity index (χ0) is 20.0. The highest BCUT2D eigenvalue weighted by Crippen LogP contribution is 2.27. The molecule has 3 aromatic heterocycles. The molecule has 6 heteroatoms. The van der Waals surface area contributed by atoms with E-state index in [2.05, 4.69) is 10.1 Å². The number of fused-ring (bicyclic) bond motifs is 2. The summed E-state index contributed by atoms with van der Waals surface area (Å²) in [6.07, 6.45) is 10.7. The van der Waals surface area contributed by atoms with Gasteiger partial charge >= 0.3 is 0 Å². The molecule has 29 heavy (non-hydrogen) atoms. The summed E-state index contributed by atoms with van der Waals surface area (Å²) in [7, 11) is 0. The van der Waals surface area contributed by atoms with E-state index in [4.69, 9.17) is 5.10 Å². The van der Waals surface area contributed by atoms with Crippen molar-refractivity contribution in [3.8, 4) is 11.3 Å². The van der Waals surface area contributed by atoms with E-state index in [-0.39, 0.29) is 11.6 Å². The minimum absolute atomic E-state index is 0.0192. The molecule has 4 aromatic rings. The molecule has 1 fully saturated rings. The molecule has 1 aliphatic carbocycles. The summed E-state index contributed by atoms with van der Waals surface area (Å²) in [4.78, 5) is 17.6. The van der Waals surface area contributed by atoms with E-state index in [0.717, 1.165) is 51.8 Å². The van der Waals surface area contributed by atoms with Crippen molar-refractivity contribution < 1.29 is 0 Å². The maximum absolute atomic E-state index is 13.1. The zero-order valence-corrected chi connectivity index (χ0v) is 16.9. The van der Waals surface area contributed by atoms with Crippen LogP contribution in [0, 0.1) is 13.8 Å². The first-order valence-corrected chi connectivity index (χ1v) is 10.5. The molecular weight excluding hydrogens is 362 g/mol. The van der Waals surface area contributed by atoms with E-state index in [1.54, 1.807) is 4.68 Å². The van der Waals surface area contributed by atoms with E-state index < -0.39 is 0 Å². The molecule has 0 radical (unpaired) electrons. The zero-order valence-electron chi connectivity index (χ0n) is 16.9. The van der Waals surface area contributed by atoms with Gasteiger partial charge in [0.15, 0.2) is 5.65 Å². The van der Waals surface area contributed by atoms with Gasteiger partial charge < -0.3 is 0 Å². The molecule has 0 unspecified atom stereocenters. The van der Waals surface area contributed by atoms with Crippen molar-refractivity contribution in [2.75, 3.05) is 0 Å². The van der Waals surface area contributed by atoms with E-state index >= 15 is 0 Å². The van der Waals surface area contributed by atoms with Crippen LogP contribution in [0.25, 0.3) is 27.7 Å². The Balaban J connectivity index is 1.57. The predicted octanol–water partition coefficient (Wildman–Crippen LogP) is 4.62. The topological polar surface area (TPSA) is 65.1 Å². The molecule has 1 aliphatic rings. The molecule has 0 amide bonds. The summed E-state index contributed by atoms with van der Waals surface area (Å²) in [5.41, 5.74) is 4.75. The first-order chi connectivity index (χ1) is 14.1. The van der Waals surface area contributed by atoms with Crippen LogP contribution in [0.3, 0.4) is 0 Å². The number of benzene rings is 1. The first-order valence-electron chi connectivity index (χ1n) is 10.5. The van der Waals surface area contributed by atoms with Crippen LogP contribution < -0.4 is 5.56 Å². The molecule has 3 heterocycles. The van der Waals surface area contributed by atoms with Crippen LogP contribution in [0.5, 0.6) is 0 Å². The summed E-state index contributed by atoms with van der Waals surface area (Å²) < 4.78 is 3.54. The van der Waals surface area contributed by atoms with Gasteiger partial charge in [-0.1, -0.05) is 31.7 Å². The molecule has 5 rings (SSSR count). The van der Waals surface area contributed by atoms with Crippen LogP contribution in [0.4, 0.5) is 0 Å². The molecule has 1 aromatic carbocycles. The lowest BCUT2D eigenvalue weighted by atomic mass is 10.1. The number of hydrogen-bond donors (Lipinski definition) is 0. The molecule has 148 valence electrons. The second kappa shape index (κ2) is 7.10. The van der Waals surface area contributed by atoms with Gasteiger partial charge in [0.1, 0.15) is 0 Å². The number of imidazole rings is 1. The van der Waals surface area contributed by atoms with Crippen LogP contribution >= 0.6 is 0 Å². The summed E-state index contributed by atoms with van der Waals surface area (Å²) in [6, 6.07) is 8.19. The fourth-order valence-electron chi connectivity index (χ4n) is 4.47. The number of hydrogen-bond acceptors (Lipinski definition) is 4. The Hall–Kier alpha value is -3.02. The molecule has 6 nitrogen and oxygen atoms in total. The van der Waals surface area contributed by atoms with Crippen molar-refractivity contribution in [2.45, 2.75) is 58.4 Å². The van der Waals surface area contributed by atoms with Crippen LogP contribution in [-0.2, 0) is 0 Å². The monoisotopic (exact) mass is 387 g/mol. The second-order valence-electron chi connectivity index (χ2n) is 8.20. The quantitative estimate of drug-likeness (QED) is 0.471. The highest BCUT2D eigenvalue weighted by Gasteiger charge is 2.18. The Morgan fingerprint density at radius 2 is 1.83 bits per heavy atom. The lowest BCUT2D eigenvalue weighted by Gasteiger charge is -2.16. The van der Waals surface area contributed by atoms with Gasteiger partial charge in [-0.05, 0) is 50.5 Å². The Bertz CT molecular complexity index is 1260. The third-order valence-corrected chi connectivity index (χ3v) is 6.01. The molecule has 1 saturated carbocycles. The number of nitrogens with zero attached hydrogens (tertiary/aromatic N) is 5. The SMILES string of the molecule is Cc1cn2nc(-c3ccc4c(=O)n(C5CCCCCC5)ncc4c3)cc(C)c2n1. The lowest BCUT2D eigenvalue weighted by molar-refractivity contribution is 0.391. The average Bonchev–Trinajstić information content (AvgIpc) is 2.91. The summed E-state index contributed by atoms with van der Waals surface area (Å²) in [6.45, 7) is 4.01. The Morgan fingerprint density at radius 3 is 2.62 bits per heavy atom. The van der Waals surface area contributed by atoms with Gasteiger partial charge in [0.2, 0.25) is 0 Å². The van der Waals surface area contributed by atoms with Gasteiger partial charge in [-0.25, -0.2) is 14.2 Å². The average molecular weight is 387 g/mol. The van der Waals surface area contributed by atoms with Crippen molar-refractivity contribution in [1.29, 1.82) is 0 Å². The maximum atomic E-state index is 13.1. The minimum atomic E-state index is 0.0192.